The maximum atomic E-state index is 11.5. The van der Waals surface area contributed by atoms with Gasteiger partial charge in [-0.2, -0.15) is 0 Å². The molecule has 0 saturated heterocycles. The molecule has 0 spiro atoms. The second-order valence-corrected chi connectivity index (χ2v) is 6.24. The Labute approximate surface area is 158 Å². The van der Waals surface area contributed by atoms with E-state index < -0.39 is 0 Å². The molecule has 0 radical (unpaired) electrons. The summed E-state index contributed by atoms with van der Waals surface area (Å²) in [5, 5.41) is 8.70. The number of ether oxygens (including phenoxy) is 1. The molecule has 3 aromatic rings. The van der Waals surface area contributed by atoms with Crippen LogP contribution in [-0.2, 0) is 11.3 Å². The SMILES string of the molecule is COC(=O)c1ccc(Cn2c[n+](/N=C/c3ccc(N(C)C)cc3)cn2)cc1. The van der Waals surface area contributed by atoms with Gasteiger partial charge in [-0.15, -0.1) is 14.5 Å². The average Bonchev–Trinajstić information content (AvgIpc) is 3.14. The number of benzene rings is 2. The van der Waals surface area contributed by atoms with Crippen molar-refractivity contribution in [1.82, 2.24) is 9.78 Å². The van der Waals surface area contributed by atoms with Crippen LogP contribution >= 0.6 is 0 Å². The minimum Gasteiger partial charge on any atom is -0.465 e. The van der Waals surface area contributed by atoms with Crippen molar-refractivity contribution < 1.29 is 14.2 Å². The third-order valence-electron chi connectivity index (χ3n) is 4.04. The number of rotatable bonds is 6. The molecule has 2 aromatic carbocycles. The van der Waals surface area contributed by atoms with Crippen molar-refractivity contribution in [2.24, 2.45) is 5.10 Å². The molecule has 0 aliphatic rings. The van der Waals surface area contributed by atoms with Gasteiger partial charge in [-0.25, -0.2) is 4.79 Å². The zero-order chi connectivity index (χ0) is 19.2. The summed E-state index contributed by atoms with van der Waals surface area (Å²) >= 11 is 0. The van der Waals surface area contributed by atoms with Crippen LogP contribution in [0.3, 0.4) is 0 Å². The molecule has 7 heteroatoms. The zero-order valence-corrected chi connectivity index (χ0v) is 15.6. The molecular weight excluding hydrogens is 342 g/mol. The smallest absolute Gasteiger partial charge is 0.337 e. The molecule has 0 fully saturated rings. The van der Waals surface area contributed by atoms with E-state index >= 15 is 0 Å². The number of hydrogen-bond acceptors (Lipinski definition) is 5. The highest BCUT2D eigenvalue weighted by Crippen LogP contribution is 2.11. The topological polar surface area (TPSA) is 63.6 Å². The predicted octanol–water partition coefficient (Wildman–Crippen LogP) is 1.95. The number of nitrogens with zero attached hydrogens (tertiary/aromatic N) is 5. The van der Waals surface area contributed by atoms with Crippen LogP contribution in [-0.4, -0.2) is 43.2 Å². The highest BCUT2D eigenvalue weighted by atomic mass is 16.5. The largest absolute Gasteiger partial charge is 0.465 e. The van der Waals surface area contributed by atoms with Crippen LogP contribution < -0.4 is 9.58 Å². The summed E-state index contributed by atoms with van der Waals surface area (Å²) in [5.74, 6) is -0.341. The molecule has 7 nitrogen and oxygen atoms in total. The lowest BCUT2D eigenvalue weighted by Gasteiger charge is -2.11. The van der Waals surface area contributed by atoms with Gasteiger partial charge in [0.25, 0.3) is 6.33 Å². The first-order valence-electron chi connectivity index (χ1n) is 8.48. The van der Waals surface area contributed by atoms with E-state index in [1.54, 1.807) is 40.4 Å². The molecule has 0 aliphatic carbocycles. The van der Waals surface area contributed by atoms with Gasteiger partial charge in [0.2, 0.25) is 6.33 Å². The summed E-state index contributed by atoms with van der Waals surface area (Å²) in [6.45, 7) is 0.585. The summed E-state index contributed by atoms with van der Waals surface area (Å²) < 4.78 is 8.13. The third kappa shape index (κ3) is 4.78. The van der Waals surface area contributed by atoms with Crippen molar-refractivity contribution in [1.29, 1.82) is 0 Å². The van der Waals surface area contributed by atoms with Gasteiger partial charge in [-0.1, -0.05) is 24.3 Å². The first kappa shape index (κ1) is 18.3. The molecule has 0 N–H and O–H groups in total. The third-order valence-corrected chi connectivity index (χ3v) is 4.04. The average molecular weight is 364 g/mol. The molecule has 138 valence electrons. The second kappa shape index (κ2) is 8.27. The molecule has 0 aliphatic heterocycles. The van der Waals surface area contributed by atoms with Crippen molar-refractivity contribution >= 4 is 17.9 Å². The van der Waals surface area contributed by atoms with Gasteiger partial charge in [0.05, 0.1) is 18.9 Å². The van der Waals surface area contributed by atoms with Gasteiger partial charge in [0.15, 0.2) is 0 Å². The van der Waals surface area contributed by atoms with Crippen LogP contribution in [0.25, 0.3) is 0 Å². The fraction of sp³-hybridized carbons (Fsp3) is 0.200. The molecule has 0 unspecified atom stereocenters. The lowest BCUT2D eigenvalue weighted by molar-refractivity contribution is -0.679. The van der Waals surface area contributed by atoms with E-state index in [1.807, 2.05) is 50.5 Å². The number of esters is 1. The van der Waals surface area contributed by atoms with Crippen molar-refractivity contribution in [3.63, 3.8) is 0 Å². The number of hydrogen-bond donors (Lipinski definition) is 0. The van der Waals surface area contributed by atoms with Crippen LogP contribution in [0.15, 0.2) is 66.3 Å². The Morgan fingerprint density at radius 1 is 1.19 bits per heavy atom. The molecule has 1 aromatic heterocycles. The van der Waals surface area contributed by atoms with Gasteiger partial charge in [-0.3, -0.25) is 0 Å². The Balaban J connectivity index is 1.63. The van der Waals surface area contributed by atoms with Gasteiger partial charge in [-0.05, 0) is 35.4 Å². The summed E-state index contributed by atoms with van der Waals surface area (Å²) in [5.41, 5.74) is 3.72. The molecule has 0 amide bonds. The number of carbonyl (C=O) groups is 1. The maximum Gasteiger partial charge on any atom is 0.337 e. The summed E-state index contributed by atoms with van der Waals surface area (Å²) in [6.07, 6.45) is 5.24. The second-order valence-electron chi connectivity index (χ2n) is 6.24. The molecule has 0 saturated carbocycles. The summed E-state index contributed by atoms with van der Waals surface area (Å²) in [4.78, 5) is 13.5. The molecule has 3 rings (SSSR count). The van der Waals surface area contributed by atoms with E-state index in [0.29, 0.717) is 12.1 Å². The Hall–Kier alpha value is -3.48. The van der Waals surface area contributed by atoms with Crippen LogP contribution in [0.2, 0.25) is 0 Å². The standard InChI is InChI=1S/C20H22N5O2/c1-23(2)19-10-6-16(7-11-19)12-21-25-14-22-24(15-25)13-17-4-8-18(9-5-17)20(26)27-3/h4-12,14-15H,13H2,1-3H3/q+1/b21-12+. The van der Waals surface area contributed by atoms with E-state index in [0.717, 1.165) is 16.8 Å². The van der Waals surface area contributed by atoms with E-state index in [-0.39, 0.29) is 5.97 Å². The molecule has 27 heavy (non-hydrogen) atoms. The maximum absolute atomic E-state index is 11.5. The van der Waals surface area contributed by atoms with Gasteiger partial charge >= 0.3 is 5.97 Å². The fourth-order valence-electron chi connectivity index (χ4n) is 2.50. The minimum atomic E-state index is -0.341. The Kier molecular flexibility index (Phi) is 5.61. The van der Waals surface area contributed by atoms with Crippen LogP contribution in [0.1, 0.15) is 21.5 Å². The van der Waals surface area contributed by atoms with Crippen LogP contribution in [0.4, 0.5) is 5.69 Å². The summed E-state index contributed by atoms with van der Waals surface area (Å²) in [6, 6.07) is 15.4. The highest BCUT2D eigenvalue weighted by Gasteiger charge is 2.08. The summed E-state index contributed by atoms with van der Waals surface area (Å²) in [7, 11) is 5.39. The van der Waals surface area contributed by atoms with Crippen molar-refractivity contribution in [3.8, 4) is 0 Å². The Bertz CT molecular complexity index is 928. The highest BCUT2D eigenvalue weighted by molar-refractivity contribution is 5.89. The zero-order valence-electron chi connectivity index (χ0n) is 15.6. The van der Waals surface area contributed by atoms with Gasteiger partial charge in [0, 0.05) is 24.9 Å². The molecular formula is C20H22N5O2+. The fourth-order valence-corrected chi connectivity index (χ4v) is 2.50. The van der Waals surface area contributed by atoms with Gasteiger partial charge < -0.3 is 9.64 Å². The molecule has 0 atom stereocenters. The van der Waals surface area contributed by atoms with Crippen molar-refractivity contribution in [2.75, 3.05) is 26.1 Å². The predicted molar refractivity (Wildman–Crippen MR) is 103 cm³/mol. The number of anilines is 1. The van der Waals surface area contributed by atoms with E-state index in [9.17, 15) is 4.79 Å². The van der Waals surface area contributed by atoms with E-state index in [2.05, 4.69) is 15.1 Å². The first-order chi connectivity index (χ1) is 13.0. The number of carbonyl (C=O) groups excluding carboxylic acids is 1. The number of aromatic nitrogens is 3. The molecule has 1 heterocycles. The van der Waals surface area contributed by atoms with Crippen molar-refractivity contribution in [3.05, 3.63) is 77.9 Å². The Morgan fingerprint density at radius 3 is 2.52 bits per heavy atom. The lowest BCUT2D eigenvalue weighted by Crippen LogP contribution is -2.24. The first-order valence-corrected chi connectivity index (χ1v) is 8.48. The van der Waals surface area contributed by atoms with Crippen LogP contribution in [0.5, 0.6) is 0 Å². The monoisotopic (exact) mass is 364 g/mol. The van der Waals surface area contributed by atoms with E-state index in [4.69, 9.17) is 4.74 Å². The quantitative estimate of drug-likeness (QED) is 0.381. The van der Waals surface area contributed by atoms with Crippen LogP contribution in [0, 0.1) is 0 Å². The lowest BCUT2D eigenvalue weighted by atomic mass is 10.1. The van der Waals surface area contributed by atoms with E-state index in [1.165, 1.54) is 7.11 Å². The molecule has 0 bridgehead atoms. The minimum absolute atomic E-state index is 0.341. The number of methoxy groups -OCH3 is 1. The Morgan fingerprint density at radius 2 is 1.89 bits per heavy atom. The normalized spacial score (nSPS) is 10.9. The van der Waals surface area contributed by atoms with Gasteiger partial charge in [0.1, 0.15) is 6.54 Å². The van der Waals surface area contributed by atoms with Crippen molar-refractivity contribution in [2.45, 2.75) is 6.54 Å².